The summed E-state index contributed by atoms with van der Waals surface area (Å²) in [6.07, 6.45) is 2.04. The van der Waals surface area contributed by atoms with Crippen LogP contribution in [0.5, 0.6) is 0 Å². The van der Waals surface area contributed by atoms with E-state index in [-0.39, 0.29) is 5.02 Å². The van der Waals surface area contributed by atoms with E-state index >= 15 is 0 Å². The lowest BCUT2D eigenvalue weighted by Crippen LogP contribution is -2.34. The Kier molecular flexibility index (Phi) is 3.12. The van der Waals surface area contributed by atoms with Gasteiger partial charge in [-0.1, -0.05) is 11.6 Å². The molecule has 16 heavy (non-hydrogen) atoms. The maximum atomic E-state index is 13.1. The number of hydrogen-bond donors (Lipinski definition) is 2. The monoisotopic (exact) mass is 242 g/mol. The molecule has 0 aliphatic heterocycles. The van der Waals surface area contributed by atoms with E-state index in [1.807, 2.05) is 0 Å². The summed E-state index contributed by atoms with van der Waals surface area (Å²) in [6, 6.07) is 3.66. The molecule has 86 valence electrons. The molecule has 0 heterocycles. The number of halogens is 2. The number of nitrogens with one attached hydrogen (secondary N) is 1. The summed E-state index contributed by atoms with van der Waals surface area (Å²) in [6.45, 7) is 0. The van der Waals surface area contributed by atoms with Gasteiger partial charge in [0.2, 0.25) is 5.91 Å². The Balaban J connectivity index is 2.25. The van der Waals surface area contributed by atoms with Gasteiger partial charge in [0.15, 0.2) is 0 Å². The normalized spacial score (nSPS) is 17.1. The van der Waals surface area contributed by atoms with E-state index < -0.39 is 17.8 Å². The number of benzene rings is 1. The molecule has 1 fully saturated rings. The summed E-state index contributed by atoms with van der Waals surface area (Å²) in [5, 5.41) is 3.32. The third kappa shape index (κ3) is 2.71. The quantitative estimate of drug-likeness (QED) is 0.845. The Bertz CT molecular complexity index is 400. The van der Waals surface area contributed by atoms with Crippen LogP contribution in [-0.4, -0.2) is 11.9 Å². The van der Waals surface area contributed by atoms with Crippen LogP contribution in [0.4, 0.5) is 4.39 Å². The van der Waals surface area contributed by atoms with Crippen LogP contribution >= 0.6 is 11.6 Å². The van der Waals surface area contributed by atoms with Crippen molar-refractivity contribution < 1.29 is 9.18 Å². The first-order chi connectivity index (χ1) is 7.56. The molecule has 1 aromatic rings. The first-order valence-electron chi connectivity index (χ1n) is 5.07. The van der Waals surface area contributed by atoms with Gasteiger partial charge in [0.05, 0.1) is 0 Å². The van der Waals surface area contributed by atoms with E-state index in [1.54, 1.807) is 6.07 Å². The van der Waals surface area contributed by atoms with Crippen LogP contribution in [-0.2, 0) is 4.79 Å². The minimum Gasteiger partial charge on any atom is -0.368 e. The highest BCUT2D eigenvalue weighted by Crippen LogP contribution is 2.26. The fourth-order valence-electron chi connectivity index (χ4n) is 1.57. The Morgan fingerprint density at radius 1 is 1.50 bits per heavy atom. The lowest BCUT2D eigenvalue weighted by atomic mass is 10.1. The van der Waals surface area contributed by atoms with Crippen LogP contribution in [0.25, 0.3) is 0 Å². The van der Waals surface area contributed by atoms with E-state index in [4.69, 9.17) is 17.3 Å². The van der Waals surface area contributed by atoms with Crippen molar-refractivity contribution >= 4 is 17.5 Å². The number of nitrogens with two attached hydrogens (primary N) is 1. The largest absolute Gasteiger partial charge is 0.368 e. The lowest BCUT2D eigenvalue weighted by Gasteiger charge is -2.15. The number of rotatable bonds is 4. The molecule has 0 spiro atoms. The van der Waals surface area contributed by atoms with Gasteiger partial charge in [-0.05, 0) is 36.6 Å². The predicted molar refractivity (Wildman–Crippen MR) is 59.5 cm³/mol. The van der Waals surface area contributed by atoms with Gasteiger partial charge < -0.3 is 5.73 Å². The maximum Gasteiger partial charge on any atom is 0.239 e. The maximum absolute atomic E-state index is 13.1. The summed E-state index contributed by atoms with van der Waals surface area (Å²) >= 11 is 5.73. The summed E-state index contributed by atoms with van der Waals surface area (Å²) in [5.41, 5.74) is 5.75. The highest BCUT2D eigenvalue weighted by Gasteiger charge is 2.28. The molecule has 3 nitrogen and oxygen atoms in total. The van der Waals surface area contributed by atoms with Crippen molar-refractivity contribution in [2.75, 3.05) is 0 Å². The van der Waals surface area contributed by atoms with Crippen LogP contribution in [0.2, 0.25) is 5.02 Å². The van der Waals surface area contributed by atoms with Crippen molar-refractivity contribution in [1.29, 1.82) is 0 Å². The molecule has 0 radical (unpaired) electrons. The van der Waals surface area contributed by atoms with Crippen molar-refractivity contribution in [2.45, 2.75) is 24.9 Å². The predicted octanol–water partition coefficient (Wildman–Crippen LogP) is 1.76. The zero-order valence-electron chi connectivity index (χ0n) is 8.54. The van der Waals surface area contributed by atoms with Gasteiger partial charge >= 0.3 is 0 Å². The Hall–Kier alpha value is -1.13. The van der Waals surface area contributed by atoms with Gasteiger partial charge in [-0.15, -0.1) is 0 Å². The molecular weight excluding hydrogens is 231 g/mol. The molecule has 1 saturated carbocycles. The first kappa shape index (κ1) is 11.4. The molecular formula is C11H12ClFN2O. The fourth-order valence-corrected chi connectivity index (χ4v) is 1.80. The van der Waals surface area contributed by atoms with Gasteiger partial charge in [-0.2, -0.15) is 0 Å². The summed E-state index contributed by atoms with van der Waals surface area (Å²) in [7, 11) is 0. The molecule has 1 aliphatic rings. The number of carbonyl (C=O) groups excluding carboxylic acids is 1. The molecule has 0 aromatic heterocycles. The third-order valence-electron chi connectivity index (χ3n) is 2.48. The van der Waals surface area contributed by atoms with E-state index in [0.717, 1.165) is 12.8 Å². The lowest BCUT2D eigenvalue weighted by molar-refractivity contribution is -0.120. The molecule has 1 amide bonds. The molecule has 0 bridgehead atoms. The van der Waals surface area contributed by atoms with Gasteiger partial charge in [-0.25, -0.2) is 4.39 Å². The molecule has 0 saturated heterocycles. The Morgan fingerprint density at radius 2 is 2.19 bits per heavy atom. The van der Waals surface area contributed by atoms with E-state index in [2.05, 4.69) is 5.32 Å². The third-order valence-corrected chi connectivity index (χ3v) is 2.70. The minimum atomic E-state index is -0.666. The summed E-state index contributed by atoms with van der Waals surface area (Å²) in [4.78, 5) is 11.3. The van der Waals surface area contributed by atoms with Crippen LogP contribution in [0, 0.1) is 5.82 Å². The number of carbonyl (C=O) groups is 1. The van der Waals surface area contributed by atoms with Gasteiger partial charge in [0, 0.05) is 11.1 Å². The molecule has 1 aliphatic carbocycles. The van der Waals surface area contributed by atoms with Crippen molar-refractivity contribution in [3.05, 3.63) is 34.6 Å². The molecule has 5 heteroatoms. The standard InChI is InChI=1S/C11H12ClFN2O/c12-7-3-6(4-8(13)5-7)10(11(14)16)15-9-1-2-9/h3-5,9-10,15H,1-2H2,(H2,14,16). The van der Waals surface area contributed by atoms with Crippen LogP contribution < -0.4 is 11.1 Å². The summed E-state index contributed by atoms with van der Waals surface area (Å²) in [5.74, 6) is -0.986. The summed E-state index contributed by atoms with van der Waals surface area (Å²) < 4.78 is 13.1. The zero-order valence-corrected chi connectivity index (χ0v) is 9.30. The van der Waals surface area contributed by atoms with E-state index in [0.29, 0.717) is 11.6 Å². The second-order valence-corrected chi connectivity index (χ2v) is 4.42. The second kappa shape index (κ2) is 4.39. The number of amides is 1. The molecule has 2 rings (SSSR count). The highest BCUT2D eigenvalue weighted by atomic mass is 35.5. The first-order valence-corrected chi connectivity index (χ1v) is 5.45. The fraction of sp³-hybridized carbons (Fsp3) is 0.364. The van der Waals surface area contributed by atoms with Gasteiger partial charge in [0.1, 0.15) is 11.9 Å². The topological polar surface area (TPSA) is 55.1 Å². The number of hydrogen-bond acceptors (Lipinski definition) is 2. The average molecular weight is 243 g/mol. The second-order valence-electron chi connectivity index (χ2n) is 3.98. The van der Waals surface area contributed by atoms with Crippen LogP contribution in [0.15, 0.2) is 18.2 Å². The van der Waals surface area contributed by atoms with Gasteiger partial charge in [-0.3, -0.25) is 10.1 Å². The Morgan fingerprint density at radius 3 is 2.69 bits per heavy atom. The molecule has 1 unspecified atom stereocenters. The molecule has 1 atom stereocenters. The van der Waals surface area contributed by atoms with Crippen molar-refractivity contribution in [3.8, 4) is 0 Å². The van der Waals surface area contributed by atoms with E-state index in [9.17, 15) is 9.18 Å². The minimum absolute atomic E-state index is 0.263. The van der Waals surface area contributed by atoms with Crippen molar-refractivity contribution in [3.63, 3.8) is 0 Å². The van der Waals surface area contributed by atoms with Crippen LogP contribution in [0.3, 0.4) is 0 Å². The highest BCUT2D eigenvalue weighted by molar-refractivity contribution is 6.30. The van der Waals surface area contributed by atoms with Crippen molar-refractivity contribution in [2.24, 2.45) is 5.73 Å². The van der Waals surface area contributed by atoms with Crippen LogP contribution in [0.1, 0.15) is 24.4 Å². The van der Waals surface area contributed by atoms with Gasteiger partial charge in [0.25, 0.3) is 0 Å². The molecule has 1 aromatic carbocycles. The van der Waals surface area contributed by atoms with E-state index in [1.165, 1.54) is 12.1 Å². The Labute approximate surface area is 97.8 Å². The molecule has 3 N–H and O–H groups in total. The zero-order chi connectivity index (χ0) is 11.7. The average Bonchev–Trinajstić information content (AvgIpc) is 2.95. The SMILES string of the molecule is NC(=O)C(NC1CC1)c1cc(F)cc(Cl)c1. The number of primary amides is 1. The van der Waals surface area contributed by atoms with Crippen molar-refractivity contribution in [1.82, 2.24) is 5.32 Å². The smallest absolute Gasteiger partial charge is 0.239 e.